The van der Waals surface area contributed by atoms with Crippen molar-refractivity contribution in [2.45, 2.75) is 52.9 Å². The van der Waals surface area contributed by atoms with E-state index in [4.69, 9.17) is 5.11 Å². The summed E-state index contributed by atoms with van der Waals surface area (Å²) in [4.78, 5) is 14.2. The minimum absolute atomic E-state index is 0.0786. The van der Waals surface area contributed by atoms with E-state index in [2.05, 4.69) is 26.1 Å². The van der Waals surface area contributed by atoms with Crippen LogP contribution in [0.3, 0.4) is 0 Å². The summed E-state index contributed by atoms with van der Waals surface area (Å²) >= 11 is 0. The third-order valence-electron chi connectivity index (χ3n) is 4.27. The second-order valence-electron chi connectivity index (χ2n) is 6.56. The Morgan fingerprint density at radius 2 is 2.20 bits per heavy atom. The van der Waals surface area contributed by atoms with Crippen molar-refractivity contribution in [1.29, 1.82) is 0 Å². The van der Waals surface area contributed by atoms with Gasteiger partial charge in [-0.1, -0.05) is 27.2 Å². The average Bonchev–Trinajstić information content (AvgIpc) is 2.44. The van der Waals surface area contributed by atoms with Crippen molar-refractivity contribution in [2.75, 3.05) is 26.2 Å². The summed E-state index contributed by atoms with van der Waals surface area (Å²) in [5.74, 6) is 1.65. The van der Waals surface area contributed by atoms with E-state index in [0.29, 0.717) is 24.3 Å². The molecule has 1 rings (SSSR count). The smallest absolute Gasteiger partial charge is 0.317 e. The molecule has 1 aliphatic heterocycles. The number of hydrogen-bond donors (Lipinski definition) is 2. The first-order valence-corrected chi connectivity index (χ1v) is 8.20. The molecule has 0 aromatic carbocycles. The van der Waals surface area contributed by atoms with Crippen molar-refractivity contribution in [3.05, 3.63) is 0 Å². The molecule has 118 valence electrons. The van der Waals surface area contributed by atoms with Gasteiger partial charge in [0.05, 0.1) is 0 Å². The molecule has 2 atom stereocenters. The number of likely N-dealkylation sites (tertiary alicyclic amines) is 1. The molecular formula is C16H32N2O2. The lowest BCUT2D eigenvalue weighted by atomic mass is 9.94. The molecule has 2 amide bonds. The maximum atomic E-state index is 12.2. The quantitative estimate of drug-likeness (QED) is 0.755. The predicted molar refractivity (Wildman–Crippen MR) is 82.6 cm³/mol. The monoisotopic (exact) mass is 284 g/mol. The van der Waals surface area contributed by atoms with Gasteiger partial charge in [0.25, 0.3) is 0 Å². The summed E-state index contributed by atoms with van der Waals surface area (Å²) in [6, 6.07) is 0.0786. The van der Waals surface area contributed by atoms with Crippen molar-refractivity contribution < 1.29 is 9.90 Å². The number of urea groups is 1. The van der Waals surface area contributed by atoms with Gasteiger partial charge >= 0.3 is 6.03 Å². The normalized spacial score (nSPS) is 21.1. The van der Waals surface area contributed by atoms with Crippen molar-refractivity contribution in [3.63, 3.8) is 0 Å². The zero-order valence-electron chi connectivity index (χ0n) is 13.4. The Bertz CT molecular complexity index is 282. The first-order valence-electron chi connectivity index (χ1n) is 8.20. The summed E-state index contributed by atoms with van der Waals surface area (Å²) < 4.78 is 0. The highest BCUT2D eigenvalue weighted by molar-refractivity contribution is 5.74. The van der Waals surface area contributed by atoms with Gasteiger partial charge < -0.3 is 15.3 Å². The van der Waals surface area contributed by atoms with Gasteiger partial charge in [0.1, 0.15) is 0 Å². The number of aliphatic hydroxyl groups excluding tert-OH is 1. The lowest BCUT2D eigenvalue weighted by Gasteiger charge is -2.32. The Kier molecular flexibility index (Phi) is 7.97. The number of carbonyl (C=O) groups is 1. The van der Waals surface area contributed by atoms with Gasteiger partial charge in [0.15, 0.2) is 0 Å². The lowest BCUT2D eigenvalue weighted by molar-refractivity contribution is 0.160. The zero-order valence-corrected chi connectivity index (χ0v) is 13.4. The van der Waals surface area contributed by atoms with E-state index >= 15 is 0 Å². The molecule has 1 saturated heterocycles. The summed E-state index contributed by atoms with van der Waals surface area (Å²) in [5.41, 5.74) is 0. The zero-order chi connectivity index (χ0) is 15.0. The maximum absolute atomic E-state index is 12.2. The largest absolute Gasteiger partial charge is 0.396 e. The van der Waals surface area contributed by atoms with Crippen molar-refractivity contribution in [1.82, 2.24) is 10.2 Å². The molecule has 1 fully saturated rings. The first kappa shape index (κ1) is 17.3. The Morgan fingerprint density at radius 1 is 1.45 bits per heavy atom. The van der Waals surface area contributed by atoms with Crippen molar-refractivity contribution >= 4 is 6.03 Å². The van der Waals surface area contributed by atoms with Crippen LogP contribution in [0.15, 0.2) is 0 Å². The van der Waals surface area contributed by atoms with Crippen LogP contribution < -0.4 is 5.32 Å². The molecule has 4 heteroatoms. The van der Waals surface area contributed by atoms with E-state index in [0.717, 1.165) is 38.8 Å². The number of aliphatic hydroxyl groups is 1. The average molecular weight is 284 g/mol. The van der Waals surface area contributed by atoms with Gasteiger partial charge in [-0.3, -0.25) is 0 Å². The molecule has 0 radical (unpaired) electrons. The van der Waals surface area contributed by atoms with Gasteiger partial charge in [-0.15, -0.1) is 0 Å². The molecule has 2 N–H and O–H groups in total. The van der Waals surface area contributed by atoms with Crippen LogP contribution in [0, 0.1) is 17.8 Å². The van der Waals surface area contributed by atoms with Crippen LogP contribution in [0.1, 0.15) is 52.9 Å². The molecule has 4 nitrogen and oxygen atoms in total. The van der Waals surface area contributed by atoms with Gasteiger partial charge in [-0.05, 0) is 43.4 Å². The molecule has 1 heterocycles. The number of nitrogens with zero attached hydrogens (tertiary/aromatic N) is 1. The van der Waals surface area contributed by atoms with Gasteiger partial charge in [-0.2, -0.15) is 0 Å². The third kappa shape index (κ3) is 6.12. The highest BCUT2D eigenvalue weighted by Crippen LogP contribution is 2.19. The number of nitrogens with one attached hydrogen (secondary N) is 1. The molecule has 0 saturated carbocycles. The minimum atomic E-state index is 0.0786. The Labute approximate surface area is 123 Å². The summed E-state index contributed by atoms with van der Waals surface area (Å²) in [6.45, 7) is 9.24. The topological polar surface area (TPSA) is 52.6 Å². The number of carbonyl (C=O) groups excluding carboxylic acids is 1. The maximum Gasteiger partial charge on any atom is 0.317 e. The molecular weight excluding hydrogens is 252 g/mol. The molecule has 0 aromatic heterocycles. The second-order valence-corrected chi connectivity index (χ2v) is 6.56. The first-order chi connectivity index (χ1) is 9.56. The minimum Gasteiger partial charge on any atom is -0.396 e. The lowest BCUT2D eigenvalue weighted by Crippen LogP contribution is -2.46. The van der Waals surface area contributed by atoms with Gasteiger partial charge in [0.2, 0.25) is 0 Å². The molecule has 0 aliphatic carbocycles. The van der Waals surface area contributed by atoms with E-state index in [1.165, 1.54) is 6.42 Å². The molecule has 1 aliphatic rings. The molecule has 0 bridgehead atoms. The van der Waals surface area contributed by atoms with Crippen LogP contribution in [0.25, 0.3) is 0 Å². The number of piperidine rings is 1. The van der Waals surface area contributed by atoms with Crippen LogP contribution in [0.5, 0.6) is 0 Å². The number of amides is 2. The fraction of sp³-hybridized carbons (Fsp3) is 0.938. The molecule has 20 heavy (non-hydrogen) atoms. The SMILES string of the molecule is CCC1CCCN(C(=O)NCC(CCO)CC(C)C)C1. The van der Waals surface area contributed by atoms with E-state index in [-0.39, 0.29) is 12.6 Å². The molecule has 2 unspecified atom stereocenters. The highest BCUT2D eigenvalue weighted by atomic mass is 16.3. The number of hydrogen-bond acceptors (Lipinski definition) is 2. The van der Waals surface area contributed by atoms with Crippen LogP contribution in [0.2, 0.25) is 0 Å². The summed E-state index contributed by atoms with van der Waals surface area (Å²) in [5, 5.41) is 12.2. The Morgan fingerprint density at radius 3 is 2.80 bits per heavy atom. The van der Waals surface area contributed by atoms with Crippen LogP contribution in [0.4, 0.5) is 4.79 Å². The highest BCUT2D eigenvalue weighted by Gasteiger charge is 2.23. The van der Waals surface area contributed by atoms with E-state index in [1.54, 1.807) is 0 Å². The van der Waals surface area contributed by atoms with E-state index in [1.807, 2.05) is 4.90 Å². The Balaban J connectivity index is 2.36. The van der Waals surface area contributed by atoms with E-state index < -0.39 is 0 Å². The standard InChI is InChI=1S/C16H32N2O2/c1-4-14-6-5-8-18(12-14)16(20)17-11-15(7-9-19)10-13(2)3/h13-15,19H,4-12H2,1-3H3,(H,17,20). The van der Waals surface area contributed by atoms with Gasteiger partial charge in [0, 0.05) is 26.2 Å². The van der Waals surface area contributed by atoms with Gasteiger partial charge in [-0.25, -0.2) is 4.79 Å². The molecule has 0 aromatic rings. The molecule has 0 spiro atoms. The predicted octanol–water partition coefficient (Wildman–Crippen LogP) is 2.86. The van der Waals surface area contributed by atoms with Crippen LogP contribution >= 0.6 is 0 Å². The third-order valence-corrected chi connectivity index (χ3v) is 4.27. The van der Waals surface area contributed by atoms with Crippen molar-refractivity contribution in [3.8, 4) is 0 Å². The number of rotatable bonds is 7. The summed E-state index contributed by atoms with van der Waals surface area (Å²) in [7, 11) is 0. The fourth-order valence-electron chi connectivity index (χ4n) is 3.08. The van der Waals surface area contributed by atoms with E-state index in [9.17, 15) is 4.79 Å². The van der Waals surface area contributed by atoms with Crippen molar-refractivity contribution in [2.24, 2.45) is 17.8 Å². The summed E-state index contributed by atoms with van der Waals surface area (Å²) in [6.07, 6.45) is 5.36. The van der Waals surface area contributed by atoms with Crippen LogP contribution in [-0.2, 0) is 0 Å². The Hall–Kier alpha value is -0.770. The second kappa shape index (κ2) is 9.22. The fourth-order valence-corrected chi connectivity index (χ4v) is 3.08. The van der Waals surface area contributed by atoms with Crippen LogP contribution in [-0.4, -0.2) is 42.3 Å².